The van der Waals surface area contributed by atoms with Crippen LogP contribution in [0.15, 0.2) is 23.2 Å². The zero-order valence-corrected chi connectivity index (χ0v) is 13.3. The lowest BCUT2D eigenvalue weighted by atomic mass is 10.2. The van der Waals surface area contributed by atoms with Crippen LogP contribution >= 0.6 is 23.4 Å². The first-order valence-electron chi connectivity index (χ1n) is 6.35. The molecule has 0 spiro atoms. The second-order valence-electron chi connectivity index (χ2n) is 4.65. The van der Waals surface area contributed by atoms with Crippen LogP contribution < -0.4 is 21.8 Å². The third-order valence-electron chi connectivity index (χ3n) is 2.83. The number of rotatable bonds is 2. The number of nitrogens with zero attached hydrogens (tertiary/aromatic N) is 1. The van der Waals surface area contributed by atoms with Gasteiger partial charge in [0.2, 0.25) is 5.91 Å². The summed E-state index contributed by atoms with van der Waals surface area (Å²) in [6, 6.07) is 5.20. The van der Waals surface area contributed by atoms with Gasteiger partial charge < -0.3 is 16.8 Å². The Morgan fingerprint density at radius 3 is 2.86 bits per heavy atom. The van der Waals surface area contributed by atoms with E-state index in [0.717, 1.165) is 17.3 Å². The molecule has 2 rings (SSSR count). The zero-order chi connectivity index (χ0) is 16.3. The SMILES string of the molecule is Cc1ccc(NC(=O)[C@H]2CC(=O)[NH+]=C(N=C(N)N)S2)cc1Cl. The molecule has 0 aliphatic carbocycles. The first-order chi connectivity index (χ1) is 10.3. The molecule has 0 saturated carbocycles. The molecule has 116 valence electrons. The Morgan fingerprint density at radius 1 is 1.50 bits per heavy atom. The predicted octanol–water partition coefficient (Wildman–Crippen LogP) is -0.671. The Hall–Kier alpha value is -2.06. The molecular formula is C13H15ClN5O2S+. The van der Waals surface area contributed by atoms with Crippen molar-refractivity contribution in [1.29, 1.82) is 0 Å². The number of aryl methyl sites for hydroxylation is 1. The van der Waals surface area contributed by atoms with Crippen molar-refractivity contribution in [2.75, 3.05) is 5.32 Å². The van der Waals surface area contributed by atoms with E-state index >= 15 is 0 Å². The summed E-state index contributed by atoms with van der Waals surface area (Å²) in [5.74, 6) is -0.821. The predicted molar refractivity (Wildman–Crippen MR) is 87.6 cm³/mol. The normalized spacial score (nSPS) is 17.6. The van der Waals surface area contributed by atoms with Gasteiger partial charge in [-0.15, -0.1) is 0 Å². The molecule has 0 radical (unpaired) electrons. The number of hydrogen-bond donors (Lipinski definition) is 4. The third-order valence-corrected chi connectivity index (χ3v) is 4.32. The van der Waals surface area contributed by atoms with Gasteiger partial charge in [-0.2, -0.15) is 0 Å². The number of thioether (sulfide) groups is 1. The minimum absolute atomic E-state index is 0.0413. The molecule has 1 aromatic carbocycles. The molecule has 1 aliphatic rings. The number of carbonyl (C=O) groups excluding carboxylic acids is 2. The monoisotopic (exact) mass is 340 g/mol. The molecule has 2 amide bonds. The number of anilines is 1. The summed E-state index contributed by atoms with van der Waals surface area (Å²) in [7, 11) is 0. The molecule has 1 aliphatic heterocycles. The fourth-order valence-corrected chi connectivity index (χ4v) is 2.94. The van der Waals surface area contributed by atoms with E-state index in [1.165, 1.54) is 0 Å². The van der Waals surface area contributed by atoms with E-state index in [4.69, 9.17) is 23.1 Å². The molecule has 0 aromatic heterocycles. The molecule has 9 heteroatoms. The summed E-state index contributed by atoms with van der Waals surface area (Å²) in [5, 5.41) is 2.87. The average molecular weight is 341 g/mol. The Balaban J connectivity index is 2.09. The van der Waals surface area contributed by atoms with E-state index in [0.29, 0.717) is 10.7 Å². The molecule has 7 nitrogen and oxygen atoms in total. The van der Waals surface area contributed by atoms with Crippen molar-refractivity contribution in [2.24, 2.45) is 16.5 Å². The number of guanidine groups is 1. The van der Waals surface area contributed by atoms with E-state index in [9.17, 15) is 9.59 Å². The maximum Gasteiger partial charge on any atom is 0.364 e. The number of carbonyl (C=O) groups is 2. The molecule has 0 fully saturated rings. The van der Waals surface area contributed by atoms with E-state index < -0.39 is 5.25 Å². The Morgan fingerprint density at radius 2 is 2.23 bits per heavy atom. The summed E-state index contributed by atoms with van der Waals surface area (Å²) in [5.41, 5.74) is 12.0. The van der Waals surface area contributed by atoms with Crippen LogP contribution in [-0.2, 0) is 9.59 Å². The van der Waals surface area contributed by atoms with E-state index in [1.54, 1.807) is 18.2 Å². The first kappa shape index (κ1) is 16.3. The quantitative estimate of drug-likeness (QED) is 0.420. The highest BCUT2D eigenvalue weighted by Crippen LogP contribution is 2.23. The molecule has 1 heterocycles. The van der Waals surface area contributed by atoms with Crippen LogP contribution in [0.1, 0.15) is 12.0 Å². The number of hydrogen-bond acceptors (Lipinski definition) is 4. The molecule has 0 saturated heterocycles. The summed E-state index contributed by atoms with van der Waals surface area (Å²) >= 11 is 7.11. The summed E-state index contributed by atoms with van der Waals surface area (Å²) in [4.78, 5) is 30.2. The number of nitrogens with one attached hydrogen (secondary N) is 2. The summed E-state index contributed by atoms with van der Waals surface area (Å²) in [6.45, 7) is 1.87. The number of amidine groups is 1. The topological polar surface area (TPSA) is 125 Å². The van der Waals surface area contributed by atoms with Crippen molar-refractivity contribution < 1.29 is 14.6 Å². The van der Waals surface area contributed by atoms with Crippen molar-refractivity contribution in [2.45, 2.75) is 18.6 Å². The number of benzene rings is 1. The lowest BCUT2D eigenvalue weighted by molar-refractivity contribution is -0.376. The largest absolute Gasteiger partial charge is 0.364 e. The van der Waals surface area contributed by atoms with Crippen molar-refractivity contribution in [3.05, 3.63) is 28.8 Å². The van der Waals surface area contributed by atoms with Gasteiger partial charge in [-0.05, 0) is 36.4 Å². The lowest BCUT2D eigenvalue weighted by Crippen LogP contribution is -2.79. The number of aliphatic imine (C=N–C) groups is 1. The second-order valence-corrected chi connectivity index (χ2v) is 6.25. The highest BCUT2D eigenvalue weighted by Gasteiger charge is 2.33. The summed E-state index contributed by atoms with van der Waals surface area (Å²) < 4.78 is 0. The van der Waals surface area contributed by atoms with Crippen molar-refractivity contribution in [3.63, 3.8) is 0 Å². The van der Waals surface area contributed by atoms with Gasteiger partial charge in [0.05, 0.1) is 6.42 Å². The highest BCUT2D eigenvalue weighted by molar-refractivity contribution is 8.14. The fourth-order valence-electron chi connectivity index (χ4n) is 1.76. The Bertz CT molecular complexity index is 685. The van der Waals surface area contributed by atoms with E-state index in [2.05, 4.69) is 15.3 Å². The Labute approximate surface area is 136 Å². The van der Waals surface area contributed by atoms with Gasteiger partial charge in [-0.1, -0.05) is 17.7 Å². The van der Waals surface area contributed by atoms with Crippen LogP contribution in [-0.4, -0.2) is 28.2 Å². The smallest absolute Gasteiger partial charge is 0.348 e. The number of halogens is 1. The van der Waals surface area contributed by atoms with Crippen LogP contribution in [0.4, 0.5) is 5.69 Å². The van der Waals surface area contributed by atoms with Gasteiger partial charge in [0.1, 0.15) is 5.25 Å². The highest BCUT2D eigenvalue weighted by atomic mass is 35.5. The first-order valence-corrected chi connectivity index (χ1v) is 7.61. The molecule has 0 bridgehead atoms. The van der Waals surface area contributed by atoms with Crippen LogP contribution in [0.3, 0.4) is 0 Å². The standard InChI is InChI=1S/C13H14ClN5O2S/c1-6-2-3-7(4-8(6)14)17-11(21)9-5-10(20)18-13(22-9)19-12(15)16/h2-4,9H,5H2,1H3,(H,17,21)(H4,15,16,18,19,20)/p+1/t9-/m1/s1. The molecule has 6 N–H and O–H groups in total. The van der Waals surface area contributed by atoms with Gasteiger partial charge in [0.15, 0.2) is 0 Å². The molecule has 1 aromatic rings. The number of nitrogens with two attached hydrogens (primary N) is 2. The average Bonchev–Trinajstić information content (AvgIpc) is 2.41. The van der Waals surface area contributed by atoms with Crippen molar-refractivity contribution >= 4 is 52.0 Å². The lowest BCUT2D eigenvalue weighted by Gasteiger charge is -2.15. The minimum atomic E-state index is -0.619. The molecular weight excluding hydrogens is 326 g/mol. The van der Waals surface area contributed by atoms with E-state index in [-0.39, 0.29) is 29.4 Å². The van der Waals surface area contributed by atoms with Gasteiger partial charge in [-0.3, -0.25) is 4.79 Å². The van der Waals surface area contributed by atoms with Crippen LogP contribution in [0.25, 0.3) is 0 Å². The molecule has 1 atom stereocenters. The van der Waals surface area contributed by atoms with Crippen LogP contribution in [0.5, 0.6) is 0 Å². The van der Waals surface area contributed by atoms with Gasteiger partial charge in [0.25, 0.3) is 0 Å². The van der Waals surface area contributed by atoms with Crippen LogP contribution in [0, 0.1) is 6.92 Å². The van der Waals surface area contributed by atoms with Gasteiger partial charge in [0, 0.05) is 15.7 Å². The maximum absolute atomic E-state index is 12.3. The minimum Gasteiger partial charge on any atom is -0.348 e. The summed E-state index contributed by atoms with van der Waals surface area (Å²) in [6.07, 6.45) is 0.0413. The zero-order valence-electron chi connectivity index (χ0n) is 11.7. The Kier molecular flexibility index (Phi) is 5.04. The number of amides is 2. The van der Waals surface area contributed by atoms with Gasteiger partial charge in [-0.25, -0.2) is 9.79 Å². The van der Waals surface area contributed by atoms with Crippen molar-refractivity contribution in [1.82, 2.24) is 0 Å². The van der Waals surface area contributed by atoms with E-state index in [1.807, 2.05) is 6.92 Å². The molecule has 22 heavy (non-hydrogen) atoms. The van der Waals surface area contributed by atoms with Crippen molar-refractivity contribution in [3.8, 4) is 0 Å². The second kappa shape index (κ2) is 6.80. The fraction of sp³-hybridized carbons (Fsp3) is 0.231. The molecule has 0 unspecified atom stereocenters. The van der Waals surface area contributed by atoms with Gasteiger partial charge >= 0.3 is 17.0 Å². The maximum atomic E-state index is 12.3. The third kappa shape index (κ3) is 4.22. The van der Waals surface area contributed by atoms with Crippen LogP contribution in [0.2, 0.25) is 5.02 Å².